The van der Waals surface area contributed by atoms with Crippen LogP contribution in [0.25, 0.3) is 0 Å². The van der Waals surface area contributed by atoms with Gasteiger partial charge in [0.2, 0.25) is 5.75 Å². The van der Waals surface area contributed by atoms with Gasteiger partial charge in [-0.1, -0.05) is 25.3 Å². The second-order valence-electron chi connectivity index (χ2n) is 5.18. The van der Waals surface area contributed by atoms with Gasteiger partial charge in [0.1, 0.15) is 0 Å². The maximum atomic E-state index is 11.9. The number of para-hydroxylation sites is 1. The Labute approximate surface area is 125 Å². The van der Waals surface area contributed by atoms with Gasteiger partial charge in [0.05, 0.1) is 14.2 Å². The average Bonchev–Trinajstić information content (AvgIpc) is 2.53. The Bertz CT molecular complexity index is 469. The van der Waals surface area contributed by atoms with Gasteiger partial charge in [-0.2, -0.15) is 0 Å². The number of carbonyl (C=O) groups is 1. The molecule has 1 saturated carbocycles. The van der Waals surface area contributed by atoms with E-state index in [4.69, 9.17) is 14.2 Å². The van der Waals surface area contributed by atoms with Crippen molar-refractivity contribution in [1.82, 2.24) is 5.32 Å². The molecule has 1 fully saturated rings. The lowest BCUT2D eigenvalue weighted by Gasteiger charge is -2.22. The zero-order valence-electron chi connectivity index (χ0n) is 12.7. The molecule has 0 spiro atoms. The van der Waals surface area contributed by atoms with Gasteiger partial charge in [0.15, 0.2) is 18.1 Å². The summed E-state index contributed by atoms with van der Waals surface area (Å²) in [7, 11) is 3.12. The molecular weight excluding hydrogens is 270 g/mol. The Balaban J connectivity index is 1.88. The van der Waals surface area contributed by atoms with Crippen LogP contribution in [0.5, 0.6) is 17.2 Å². The van der Waals surface area contributed by atoms with Gasteiger partial charge in [-0.05, 0) is 25.0 Å². The van der Waals surface area contributed by atoms with Gasteiger partial charge in [-0.3, -0.25) is 4.79 Å². The fourth-order valence-electron chi connectivity index (χ4n) is 2.63. The summed E-state index contributed by atoms with van der Waals surface area (Å²) in [4.78, 5) is 11.9. The van der Waals surface area contributed by atoms with E-state index in [9.17, 15) is 4.79 Å². The van der Waals surface area contributed by atoms with Gasteiger partial charge in [0, 0.05) is 6.04 Å². The molecule has 1 aromatic rings. The van der Waals surface area contributed by atoms with Crippen molar-refractivity contribution in [2.45, 2.75) is 38.1 Å². The van der Waals surface area contributed by atoms with E-state index in [2.05, 4.69) is 5.32 Å². The van der Waals surface area contributed by atoms with E-state index in [0.29, 0.717) is 23.3 Å². The van der Waals surface area contributed by atoms with Crippen LogP contribution in [0, 0.1) is 0 Å². The normalized spacial score (nSPS) is 15.3. The summed E-state index contributed by atoms with van der Waals surface area (Å²) in [5, 5.41) is 3.02. The summed E-state index contributed by atoms with van der Waals surface area (Å²) in [5.41, 5.74) is 0. The minimum atomic E-state index is -0.0910. The number of rotatable bonds is 6. The zero-order chi connectivity index (χ0) is 15.1. The Hall–Kier alpha value is -1.91. The molecule has 1 N–H and O–H groups in total. The SMILES string of the molecule is COc1cccc(OCC(=O)NC2CCCCC2)c1OC. The van der Waals surface area contributed by atoms with Gasteiger partial charge >= 0.3 is 0 Å². The molecule has 0 unspecified atom stereocenters. The summed E-state index contributed by atoms with van der Waals surface area (Å²) >= 11 is 0. The zero-order valence-corrected chi connectivity index (χ0v) is 12.7. The predicted octanol–water partition coefficient (Wildman–Crippen LogP) is 2.53. The molecular formula is C16H23NO4. The first-order valence-corrected chi connectivity index (χ1v) is 7.37. The Morgan fingerprint density at radius 3 is 2.52 bits per heavy atom. The van der Waals surface area contributed by atoms with Crippen molar-refractivity contribution in [3.8, 4) is 17.2 Å². The fraction of sp³-hybridized carbons (Fsp3) is 0.562. The smallest absolute Gasteiger partial charge is 0.258 e. The Kier molecular flexibility index (Phi) is 5.72. The van der Waals surface area contributed by atoms with Crippen molar-refractivity contribution in [3.63, 3.8) is 0 Å². The lowest BCUT2D eigenvalue weighted by atomic mass is 9.95. The highest BCUT2D eigenvalue weighted by Crippen LogP contribution is 2.36. The van der Waals surface area contributed by atoms with Crippen molar-refractivity contribution in [2.75, 3.05) is 20.8 Å². The summed E-state index contributed by atoms with van der Waals surface area (Å²) in [6.45, 7) is -0.0139. The van der Waals surface area contributed by atoms with Crippen LogP contribution < -0.4 is 19.5 Å². The van der Waals surface area contributed by atoms with E-state index in [1.165, 1.54) is 19.3 Å². The molecule has 0 radical (unpaired) electrons. The number of amides is 1. The molecule has 0 bridgehead atoms. The number of hydrogen-bond donors (Lipinski definition) is 1. The van der Waals surface area contributed by atoms with E-state index < -0.39 is 0 Å². The van der Waals surface area contributed by atoms with Crippen molar-refractivity contribution in [2.24, 2.45) is 0 Å². The Morgan fingerprint density at radius 2 is 1.86 bits per heavy atom. The molecule has 5 nitrogen and oxygen atoms in total. The van der Waals surface area contributed by atoms with Gasteiger partial charge in [-0.15, -0.1) is 0 Å². The molecule has 0 heterocycles. The van der Waals surface area contributed by atoms with Crippen LogP contribution in [0.15, 0.2) is 18.2 Å². The first-order valence-electron chi connectivity index (χ1n) is 7.37. The van der Waals surface area contributed by atoms with Crippen molar-refractivity contribution in [3.05, 3.63) is 18.2 Å². The lowest BCUT2D eigenvalue weighted by molar-refractivity contribution is -0.124. The van der Waals surface area contributed by atoms with Crippen LogP contribution in [0.4, 0.5) is 0 Å². The lowest BCUT2D eigenvalue weighted by Crippen LogP contribution is -2.39. The van der Waals surface area contributed by atoms with E-state index in [1.54, 1.807) is 32.4 Å². The van der Waals surface area contributed by atoms with Crippen LogP contribution in [0.1, 0.15) is 32.1 Å². The number of nitrogens with one attached hydrogen (secondary N) is 1. The molecule has 1 aliphatic rings. The summed E-state index contributed by atoms with van der Waals surface area (Å²) in [6, 6.07) is 5.64. The number of ether oxygens (including phenoxy) is 3. The minimum Gasteiger partial charge on any atom is -0.493 e. The molecule has 1 amide bonds. The van der Waals surface area contributed by atoms with Crippen LogP contribution in [-0.2, 0) is 4.79 Å². The van der Waals surface area contributed by atoms with Crippen molar-refractivity contribution < 1.29 is 19.0 Å². The first kappa shape index (κ1) is 15.5. The highest BCUT2D eigenvalue weighted by atomic mass is 16.5. The quantitative estimate of drug-likeness (QED) is 0.875. The van der Waals surface area contributed by atoms with Gasteiger partial charge in [-0.25, -0.2) is 0 Å². The maximum Gasteiger partial charge on any atom is 0.258 e. The highest BCUT2D eigenvalue weighted by Gasteiger charge is 2.17. The average molecular weight is 293 g/mol. The molecule has 0 aliphatic heterocycles. The molecule has 2 rings (SSSR count). The van der Waals surface area contributed by atoms with E-state index >= 15 is 0 Å². The monoisotopic (exact) mass is 293 g/mol. The molecule has 0 aromatic heterocycles. The molecule has 5 heteroatoms. The molecule has 21 heavy (non-hydrogen) atoms. The summed E-state index contributed by atoms with van der Waals surface area (Å²) < 4.78 is 16.0. The number of benzene rings is 1. The predicted molar refractivity (Wildman–Crippen MR) is 80.1 cm³/mol. The molecule has 0 atom stereocenters. The first-order chi connectivity index (χ1) is 10.2. The second-order valence-corrected chi connectivity index (χ2v) is 5.18. The topological polar surface area (TPSA) is 56.8 Å². The largest absolute Gasteiger partial charge is 0.493 e. The summed E-state index contributed by atoms with van der Waals surface area (Å²) in [6.07, 6.45) is 5.78. The number of hydrogen-bond acceptors (Lipinski definition) is 4. The third-order valence-electron chi connectivity index (χ3n) is 3.70. The summed E-state index contributed by atoms with van der Waals surface area (Å²) in [5.74, 6) is 1.51. The van der Waals surface area contributed by atoms with Crippen LogP contribution >= 0.6 is 0 Å². The number of methoxy groups -OCH3 is 2. The molecule has 1 aromatic carbocycles. The van der Waals surface area contributed by atoms with Gasteiger partial charge < -0.3 is 19.5 Å². The van der Waals surface area contributed by atoms with Crippen LogP contribution in [-0.4, -0.2) is 32.8 Å². The van der Waals surface area contributed by atoms with Crippen molar-refractivity contribution >= 4 is 5.91 Å². The fourth-order valence-corrected chi connectivity index (χ4v) is 2.63. The highest BCUT2D eigenvalue weighted by molar-refractivity contribution is 5.78. The molecule has 1 aliphatic carbocycles. The van der Waals surface area contributed by atoms with Gasteiger partial charge in [0.25, 0.3) is 5.91 Å². The third kappa shape index (κ3) is 4.28. The van der Waals surface area contributed by atoms with Crippen LogP contribution in [0.2, 0.25) is 0 Å². The minimum absolute atomic E-state index is 0.0139. The number of carbonyl (C=O) groups excluding carboxylic acids is 1. The molecule has 0 saturated heterocycles. The molecule has 116 valence electrons. The van der Waals surface area contributed by atoms with E-state index in [1.807, 2.05) is 0 Å². The van der Waals surface area contributed by atoms with Crippen molar-refractivity contribution in [1.29, 1.82) is 0 Å². The van der Waals surface area contributed by atoms with Crippen LogP contribution in [0.3, 0.4) is 0 Å². The standard InChI is InChI=1S/C16H23NO4/c1-19-13-9-6-10-14(16(13)20-2)21-11-15(18)17-12-7-4-3-5-8-12/h6,9-10,12H,3-5,7-8,11H2,1-2H3,(H,17,18). The van der Waals surface area contributed by atoms with E-state index in [0.717, 1.165) is 12.8 Å². The maximum absolute atomic E-state index is 11.9. The third-order valence-corrected chi connectivity index (χ3v) is 3.70. The second kappa shape index (κ2) is 7.76. The van der Waals surface area contributed by atoms with E-state index in [-0.39, 0.29) is 12.5 Å². The Morgan fingerprint density at radius 1 is 1.14 bits per heavy atom.